The normalized spacial score (nSPS) is 11.7. The van der Waals surface area contributed by atoms with Gasteiger partial charge in [-0.2, -0.15) is 5.10 Å². The predicted octanol–water partition coefficient (Wildman–Crippen LogP) is 2.98. The van der Waals surface area contributed by atoms with E-state index in [0.29, 0.717) is 5.92 Å². The first-order valence-corrected chi connectivity index (χ1v) is 6.53. The van der Waals surface area contributed by atoms with Crippen molar-refractivity contribution in [2.24, 2.45) is 5.92 Å². The molecular formula is C12H14N4S. The molecule has 1 N–H and O–H groups in total. The van der Waals surface area contributed by atoms with E-state index in [1.165, 1.54) is 0 Å². The maximum absolute atomic E-state index is 4.57. The maximum Gasteiger partial charge on any atom is 0.212 e. The monoisotopic (exact) mass is 246 g/mol. The molecule has 17 heavy (non-hydrogen) atoms. The number of nitrogens with zero attached hydrogens (tertiary/aromatic N) is 3. The maximum atomic E-state index is 4.57. The number of aromatic amines is 1. The van der Waals surface area contributed by atoms with Crippen LogP contribution in [0.2, 0.25) is 0 Å². The number of H-pyrrole nitrogens is 1. The third-order valence-corrected chi connectivity index (χ3v) is 3.49. The van der Waals surface area contributed by atoms with Crippen molar-refractivity contribution < 1.29 is 0 Å². The lowest BCUT2D eigenvalue weighted by Gasteiger charge is -1.97. The average Bonchev–Trinajstić information content (AvgIpc) is 2.86. The molecule has 0 aliphatic heterocycles. The molecule has 4 nitrogen and oxygen atoms in total. The summed E-state index contributed by atoms with van der Waals surface area (Å²) < 4.78 is 1.87. The zero-order chi connectivity index (χ0) is 11.8. The fourth-order valence-electron chi connectivity index (χ4n) is 1.79. The van der Waals surface area contributed by atoms with Gasteiger partial charge in [-0.05, 0) is 18.1 Å². The summed E-state index contributed by atoms with van der Waals surface area (Å²) in [5.41, 5.74) is 1.98. The van der Waals surface area contributed by atoms with Crippen LogP contribution >= 0.6 is 11.3 Å². The Morgan fingerprint density at radius 1 is 1.47 bits per heavy atom. The minimum Gasteiger partial charge on any atom is -0.360 e. The zero-order valence-electron chi connectivity index (χ0n) is 9.84. The summed E-state index contributed by atoms with van der Waals surface area (Å²) in [5, 5.41) is 5.70. The molecule has 0 atom stereocenters. The van der Waals surface area contributed by atoms with Crippen molar-refractivity contribution in [1.29, 1.82) is 0 Å². The Hall–Kier alpha value is -1.62. The molecule has 3 heterocycles. The molecule has 0 bridgehead atoms. The highest BCUT2D eigenvalue weighted by Gasteiger charge is 2.10. The smallest absolute Gasteiger partial charge is 0.212 e. The van der Waals surface area contributed by atoms with E-state index < -0.39 is 0 Å². The minimum absolute atomic E-state index is 0.633. The Balaban J connectivity index is 1.96. The molecule has 0 amide bonds. The highest BCUT2D eigenvalue weighted by atomic mass is 32.1. The summed E-state index contributed by atoms with van der Waals surface area (Å²) in [4.78, 5) is 8.69. The van der Waals surface area contributed by atoms with Crippen molar-refractivity contribution in [3.8, 4) is 11.4 Å². The van der Waals surface area contributed by atoms with Gasteiger partial charge in [0.1, 0.15) is 10.7 Å². The molecule has 3 rings (SSSR count). The topological polar surface area (TPSA) is 46.0 Å². The first kappa shape index (κ1) is 10.5. The summed E-state index contributed by atoms with van der Waals surface area (Å²) in [6.07, 6.45) is 4.90. The predicted molar refractivity (Wildman–Crippen MR) is 69.2 cm³/mol. The Labute approximate surface area is 103 Å². The molecule has 0 aliphatic carbocycles. The van der Waals surface area contributed by atoms with Crippen molar-refractivity contribution in [2.45, 2.75) is 20.3 Å². The van der Waals surface area contributed by atoms with Crippen LogP contribution in [0.1, 0.15) is 18.9 Å². The van der Waals surface area contributed by atoms with Gasteiger partial charge in [0.05, 0.1) is 11.9 Å². The molecule has 88 valence electrons. The third kappa shape index (κ3) is 1.98. The van der Waals surface area contributed by atoms with Gasteiger partial charge in [-0.1, -0.05) is 25.2 Å². The fourth-order valence-corrected chi connectivity index (χ4v) is 2.88. The minimum atomic E-state index is 0.633. The molecule has 5 heteroatoms. The average molecular weight is 246 g/mol. The number of imidazole rings is 1. The quantitative estimate of drug-likeness (QED) is 0.772. The SMILES string of the molecule is CC(C)Cc1nn2cc(-c3ccc[nH]3)nc2s1. The summed E-state index contributed by atoms with van der Waals surface area (Å²) >= 11 is 1.67. The molecule has 0 unspecified atom stereocenters. The standard InChI is InChI=1S/C12H14N4S/c1-8(2)6-11-15-16-7-10(14-12(16)17-11)9-4-3-5-13-9/h3-5,7-8,13H,6H2,1-2H3. The van der Waals surface area contributed by atoms with E-state index >= 15 is 0 Å². The molecule has 0 aromatic carbocycles. The van der Waals surface area contributed by atoms with Crippen LogP contribution in [0.3, 0.4) is 0 Å². The van der Waals surface area contributed by atoms with Crippen LogP contribution in [0.5, 0.6) is 0 Å². The lowest BCUT2D eigenvalue weighted by Crippen LogP contribution is -1.94. The van der Waals surface area contributed by atoms with E-state index in [1.807, 2.05) is 29.0 Å². The van der Waals surface area contributed by atoms with Crippen LogP contribution in [0.15, 0.2) is 24.5 Å². The van der Waals surface area contributed by atoms with E-state index in [-0.39, 0.29) is 0 Å². The molecule has 0 spiro atoms. The van der Waals surface area contributed by atoms with Crippen LogP contribution in [-0.4, -0.2) is 19.6 Å². The second-order valence-electron chi connectivity index (χ2n) is 4.53. The number of hydrogen-bond donors (Lipinski definition) is 1. The number of hydrogen-bond acceptors (Lipinski definition) is 3. The van der Waals surface area contributed by atoms with Crippen molar-refractivity contribution in [3.63, 3.8) is 0 Å². The van der Waals surface area contributed by atoms with Gasteiger partial charge >= 0.3 is 0 Å². The molecular weight excluding hydrogens is 232 g/mol. The summed E-state index contributed by atoms with van der Waals surface area (Å²) in [5.74, 6) is 0.633. The van der Waals surface area contributed by atoms with Gasteiger partial charge in [0.15, 0.2) is 0 Å². The van der Waals surface area contributed by atoms with E-state index in [1.54, 1.807) is 11.3 Å². The zero-order valence-corrected chi connectivity index (χ0v) is 10.7. The second kappa shape index (κ2) is 4.00. The number of fused-ring (bicyclic) bond motifs is 1. The van der Waals surface area contributed by atoms with Crippen LogP contribution in [0.25, 0.3) is 16.3 Å². The van der Waals surface area contributed by atoms with E-state index in [2.05, 4.69) is 28.9 Å². The molecule has 3 aromatic heterocycles. The number of aromatic nitrogens is 4. The second-order valence-corrected chi connectivity index (χ2v) is 5.57. The fraction of sp³-hybridized carbons (Fsp3) is 0.333. The molecule has 0 saturated heterocycles. The Morgan fingerprint density at radius 3 is 3.00 bits per heavy atom. The van der Waals surface area contributed by atoms with E-state index in [0.717, 1.165) is 27.8 Å². The highest BCUT2D eigenvalue weighted by molar-refractivity contribution is 7.16. The van der Waals surface area contributed by atoms with Crippen molar-refractivity contribution in [3.05, 3.63) is 29.5 Å². The van der Waals surface area contributed by atoms with E-state index in [9.17, 15) is 0 Å². The van der Waals surface area contributed by atoms with Crippen molar-refractivity contribution in [1.82, 2.24) is 19.6 Å². The molecule has 3 aromatic rings. The van der Waals surface area contributed by atoms with Crippen molar-refractivity contribution in [2.75, 3.05) is 0 Å². The van der Waals surface area contributed by atoms with Crippen LogP contribution < -0.4 is 0 Å². The van der Waals surface area contributed by atoms with Gasteiger partial charge in [0, 0.05) is 12.6 Å². The summed E-state index contributed by atoms with van der Waals surface area (Å²) in [6.45, 7) is 4.41. The lowest BCUT2D eigenvalue weighted by molar-refractivity contribution is 0.637. The van der Waals surface area contributed by atoms with Crippen LogP contribution in [0.4, 0.5) is 0 Å². The first-order valence-electron chi connectivity index (χ1n) is 5.71. The molecule has 0 aliphatic rings. The summed E-state index contributed by atoms with van der Waals surface area (Å²) in [7, 11) is 0. The largest absolute Gasteiger partial charge is 0.360 e. The van der Waals surface area contributed by atoms with Crippen molar-refractivity contribution >= 4 is 16.3 Å². The Kier molecular flexibility index (Phi) is 2.48. The van der Waals surface area contributed by atoms with Crippen LogP contribution in [-0.2, 0) is 6.42 Å². The number of rotatable bonds is 3. The lowest BCUT2D eigenvalue weighted by atomic mass is 10.1. The first-order chi connectivity index (χ1) is 8.22. The van der Waals surface area contributed by atoms with Crippen LogP contribution in [0, 0.1) is 5.92 Å². The van der Waals surface area contributed by atoms with Gasteiger partial charge in [-0.25, -0.2) is 9.50 Å². The molecule has 0 fully saturated rings. The Morgan fingerprint density at radius 2 is 2.35 bits per heavy atom. The van der Waals surface area contributed by atoms with Gasteiger partial charge < -0.3 is 4.98 Å². The van der Waals surface area contributed by atoms with E-state index in [4.69, 9.17) is 0 Å². The third-order valence-electron chi connectivity index (χ3n) is 2.54. The van der Waals surface area contributed by atoms with Gasteiger partial charge in [0.2, 0.25) is 4.96 Å². The summed E-state index contributed by atoms with van der Waals surface area (Å²) in [6, 6.07) is 3.99. The van der Waals surface area contributed by atoms with Gasteiger partial charge in [-0.15, -0.1) is 0 Å². The van der Waals surface area contributed by atoms with Gasteiger partial charge in [-0.3, -0.25) is 0 Å². The van der Waals surface area contributed by atoms with Gasteiger partial charge in [0.25, 0.3) is 0 Å². The number of nitrogens with one attached hydrogen (secondary N) is 1. The highest BCUT2D eigenvalue weighted by Crippen LogP contribution is 2.22. The molecule has 0 saturated carbocycles. The Bertz CT molecular complexity index is 587. The molecule has 0 radical (unpaired) electrons.